The fourth-order valence-electron chi connectivity index (χ4n) is 6.07. The molecule has 5 aromatic rings. The van der Waals surface area contributed by atoms with E-state index in [9.17, 15) is 23.2 Å². The molecule has 1 saturated carbocycles. The molecule has 0 amide bonds. The number of aryl methyl sites for hydroxylation is 1. The second-order valence-corrected chi connectivity index (χ2v) is 11.8. The lowest BCUT2D eigenvalue weighted by molar-refractivity contribution is -0.136. The molecule has 218 valence electrons. The Morgan fingerprint density at radius 2 is 1.91 bits per heavy atom. The molecule has 1 spiro atoms. The smallest absolute Gasteiger partial charge is 0.317 e. The van der Waals surface area contributed by atoms with E-state index in [0.717, 1.165) is 53.6 Å². The van der Waals surface area contributed by atoms with Crippen LogP contribution in [-0.4, -0.2) is 46.7 Å². The number of halogens is 4. The lowest BCUT2D eigenvalue weighted by Gasteiger charge is -2.17. The van der Waals surface area contributed by atoms with E-state index in [-0.39, 0.29) is 16.5 Å². The lowest BCUT2D eigenvalue weighted by Crippen LogP contribution is -2.23. The summed E-state index contributed by atoms with van der Waals surface area (Å²) in [4.78, 5) is 20.1. The summed E-state index contributed by atoms with van der Waals surface area (Å²) < 4.78 is 46.7. The third-order valence-electron chi connectivity index (χ3n) is 8.45. The van der Waals surface area contributed by atoms with Crippen molar-refractivity contribution in [3.63, 3.8) is 0 Å². The van der Waals surface area contributed by atoms with Gasteiger partial charge in [-0.1, -0.05) is 11.6 Å². The number of pyridine rings is 2. The van der Waals surface area contributed by atoms with E-state index in [0.29, 0.717) is 45.6 Å². The van der Waals surface area contributed by atoms with Gasteiger partial charge in [0, 0.05) is 38.1 Å². The van der Waals surface area contributed by atoms with E-state index in [4.69, 9.17) is 11.6 Å². The van der Waals surface area contributed by atoms with Gasteiger partial charge in [0.25, 0.3) is 0 Å². The summed E-state index contributed by atoms with van der Waals surface area (Å²) in [6.45, 7) is 2.02. The number of benzene rings is 1. The van der Waals surface area contributed by atoms with Crippen LogP contribution in [0.2, 0.25) is 5.15 Å². The SMILES string of the molecule is Cn1cnnc1-c1ccc(C#N)cc1-c1cc(Cl)nc(-n2cc3c(C(F)(F)F)cc(CN4CCC5(CC5)C4)cn3c2=O)c1. The van der Waals surface area contributed by atoms with Gasteiger partial charge in [0.05, 0.1) is 22.7 Å². The highest BCUT2D eigenvalue weighted by Crippen LogP contribution is 2.52. The quantitative estimate of drug-likeness (QED) is 0.247. The summed E-state index contributed by atoms with van der Waals surface area (Å²) >= 11 is 6.42. The molecule has 1 aromatic carbocycles. The number of imidazole rings is 1. The zero-order valence-corrected chi connectivity index (χ0v) is 23.7. The Hall–Kier alpha value is -4.47. The minimum atomic E-state index is -4.68. The van der Waals surface area contributed by atoms with E-state index in [1.165, 1.54) is 12.5 Å². The van der Waals surface area contributed by atoms with Crippen LogP contribution in [0.25, 0.3) is 33.8 Å². The van der Waals surface area contributed by atoms with Crippen LogP contribution in [0.4, 0.5) is 13.2 Å². The fourth-order valence-corrected chi connectivity index (χ4v) is 6.27. The van der Waals surface area contributed by atoms with Crippen LogP contribution in [-0.2, 0) is 19.8 Å². The summed E-state index contributed by atoms with van der Waals surface area (Å²) in [6.07, 6.45) is 2.85. The van der Waals surface area contributed by atoms with Crippen LogP contribution >= 0.6 is 11.6 Å². The normalized spacial score (nSPS) is 16.3. The van der Waals surface area contributed by atoms with Crippen molar-refractivity contribution < 1.29 is 13.2 Å². The van der Waals surface area contributed by atoms with Crippen LogP contribution in [0.3, 0.4) is 0 Å². The predicted octanol–water partition coefficient (Wildman–Crippen LogP) is 5.48. The molecular weight excluding hydrogens is 581 g/mol. The van der Waals surface area contributed by atoms with Crippen molar-refractivity contribution in [2.75, 3.05) is 13.1 Å². The van der Waals surface area contributed by atoms with Gasteiger partial charge in [0.2, 0.25) is 0 Å². The first-order valence-corrected chi connectivity index (χ1v) is 14.0. The van der Waals surface area contributed by atoms with Crippen LogP contribution in [0.15, 0.2) is 59.9 Å². The molecule has 9 nitrogen and oxygen atoms in total. The number of rotatable bonds is 5. The molecular formula is C30H24ClF3N8O. The van der Waals surface area contributed by atoms with Crippen LogP contribution in [0.5, 0.6) is 0 Å². The van der Waals surface area contributed by atoms with Crippen molar-refractivity contribution in [3.8, 4) is 34.4 Å². The Balaban J connectivity index is 1.36. The molecule has 1 aliphatic carbocycles. The molecule has 5 heterocycles. The number of hydrogen-bond acceptors (Lipinski definition) is 6. The van der Waals surface area contributed by atoms with Gasteiger partial charge in [-0.05, 0) is 84.3 Å². The fraction of sp³-hybridized carbons (Fsp3) is 0.300. The van der Waals surface area contributed by atoms with Gasteiger partial charge in [-0.15, -0.1) is 10.2 Å². The lowest BCUT2D eigenvalue weighted by atomic mass is 9.97. The maximum atomic E-state index is 14.3. The van der Waals surface area contributed by atoms with Gasteiger partial charge >= 0.3 is 11.9 Å². The number of fused-ring (bicyclic) bond motifs is 1. The van der Waals surface area contributed by atoms with Gasteiger partial charge in [0.1, 0.15) is 17.3 Å². The van der Waals surface area contributed by atoms with Gasteiger partial charge < -0.3 is 4.57 Å². The maximum absolute atomic E-state index is 14.3. The highest BCUT2D eigenvalue weighted by molar-refractivity contribution is 6.29. The molecule has 0 N–H and O–H groups in total. The summed E-state index contributed by atoms with van der Waals surface area (Å²) in [5.74, 6) is 0.557. The molecule has 7 rings (SSSR count). The van der Waals surface area contributed by atoms with E-state index in [2.05, 4.69) is 26.2 Å². The van der Waals surface area contributed by atoms with E-state index in [1.807, 2.05) is 0 Å². The van der Waals surface area contributed by atoms with Crippen molar-refractivity contribution in [1.82, 2.24) is 33.6 Å². The molecule has 1 saturated heterocycles. The number of aromatic nitrogens is 6. The Morgan fingerprint density at radius 1 is 1.09 bits per heavy atom. The number of nitrogens with zero attached hydrogens (tertiary/aromatic N) is 8. The number of likely N-dealkylation sites (tertiary alicyclic amines) is 1. The van der Waals surface area contributed by atoms with Gasteiger partial charge in [-0.3, -0.25) is 13.9 Å². The average Bonchev–Trinajstić information content (AvgIpc) is 3.23. The monoisotopic (exact) mass is 604 g/mol. The Kier molecular flexibility index (Phi) is 6.23. The third-order valence-corrected chi connectivity index (χ3v) is 8.64. The molecule has 2 aliphatic rings. The van der Waals surface area contributed by atoms with Crippen LogP contribution in [0.1, 0.15) is 36.0 Å². The van der Waals surface area contributed by atoms with E-state index in [1.54, 1.807) is 41.9 Å². The highest BCUT2D eigenvalue weighted by Gasteiger charge is 2.47. The van der Waals surface area contributed by atoms with Crippen molar-refractivity contribution in [2.24, 2.45) is 12.5 Å². The first kappa shape index (κ1) is 27.4. The summed E-state index contributed by atoms with van der Waals surface area (Å²) in [6, 6.07) is 11.4. The molecule has 0 bridgehead atoms. The van der Waals surface area contributed by atoms with Gasteiger partial charge in [-0.25, -0.2) is 9.78 Å². The van der Waals surface area contributed by atoms with Crippen molar-refractivity contribution in [2.45, 2.75) is 32.0 Å². The molecule has 0 radical (unpaired) electrons. The largest absolute Gasteiger partial charge is 0.418 e. The topological polar surface area (TPSA) is 97.0 Å². The van der Waals surface area contributed by atoms with E-state index >= 15 is 0 Å². The van der Waals surface area contributed by atoms with Gasteiger partial charge in [-0.2, -0.15) is 18.4 Å². The zero-order valence-electron chi connectivity index (χ0n) is 22.9. The summed E-state index contributed by atoms with van der Waals surface area (Å²) in [7, 11) is 1.77. The second-order valence-electron chi connectivity index (χ2n) is 11.4. The second kappa shape index (κ2) is 9.79. The number of nitriles is 1. The first-order chi connectivity index (χ1) is 20.5. The molecule has 0 atom stereocenters. The zero-order chi connectivity index (χ0) is 30.1. The number of hydrogen-bond donors (Lipinski definition) is 0. The summed E-state index contributed by atoms with van der Waals surface area (Å²) in [5, 5.41) is 17.7. The molecule has 4 aromatic heterocycles. The third kappa shape index (κ3) is 4.88. The Morgan fingerprint density at radius 3 is 2.58 bits per heavy atom. The maximum Gasteiger partial charge on any atom is 0.418 e. The highest BCUT2D eigenvalue weighted by atomic mass is 35.5. The Labute approximate surface area is 248 Å². The van der Waals surface area contributed by atoms with Gasteiger partial charge in [0.15, 0.2) is 5.82 Å². The van der Waals surface area contributed by atoms with Crippen molar-refractivity contribution in [3.05, 3.63) is 87.4 Å². The average molecular weight is 605 g/mol. The predicted molar refractivity (Wildman–Crippen MR) is 153 cm³/mol. The Bertz CT molecular complexity index is 2010. The standard InChI is InChI=1S/C30H24ClF3N8O/c1-39-17-36-38-27(39)21-3-2-18(12-35)8-22(21)20-10-25(31)37-26(11-20)42-15-24-23(30(32,33)34)9-19(14-41(24)28(42)43)13-40-7-6-29(16-40)4-5-29/h2-3,8-11,14-15,17H,4-7,13,16H2,1H3. The van der Waals surface area contributed by atoms with Crippen LogP contribution < -0.4 is 5.69 Å². The van der Waals surface area contributed by atoms with Crippen LogP contribution in [0, 0.1) is 16.7 Å². The number of alkyl halides is 3. The molecule has 0 unspecified atom stereocenters. The van der Waals surface area contributed by atoms with Crippen molar-refractivity contribution >= 4 is 17.1 Å². The summed E-state index contributed by atoms with van der Waals surface area (Å²) in [5.41, 5.74) is 0.927. The molecule has 13 heteroatoms. The first-order valence-electron chi connectivity index (χ1n) is 13.7. The van der Waals surface area contributed by atoms with Crippen molar-refractivity contribution in [1.29, 1.82) is 5.26 Å². The molecule has 43 heavy (non-hydrogen) atoms. The minimum Gasteiger partial charge on any atom is -0.317 e. The molecule has 2 fully saturated rings. The molecule has 1 aliphatic heterocycles. The minimum absolute atomic E-state index is 0.0145. The van der Waals surface area contributed by atoms with E-state index < -0.39 is 17.4 Å².